The van der Waals surface area contributed by atoms with E-state index in [-0.39, 0.29) is 37.1 Å². The van der Waals surface area contributed by atoms with Gasteiger partial charge >= 0.3 is 12.4 Å². The SMILES string of the molecule is CC.CN(CCc1cc(C(F)(F)F)cc(C(F)(F)F)c1)C(=O)C(c1ccccc1)N1CCC(N(CCCO)CC2CC2)CC1. The molecule has 1 saturated carbocycles. The van der Waals surface area contributed by atoms with Gasteiger partial charge in [-0.05, 0) is 73.8 Å². The van der Waals surface area contributed by atoms with Crippen molar-refractivity contribution in [3.63, 3.8) is 0 Å². The number of hydrogen-bond acceptors (Lipinski definition) is 4. The molecule has 5 nitrogen and oxygen atoms in total. The molecule has 1 aliphatic carbocycles. The third kappa shape index (κ3) is 10.2. The maximum absolute atomic E-state index is 13.8. The molecule has 1 amide bonds. The van der Waals surface area contributed by atoms with Crippen molar-refractivity contribution < 1.29 is 36.2 Å². The third-order valence-electron chi connectivity index (χ3n) is 8.28. The fraction of sp³-hybridized carbons (Fsp3) is 0.606. The molecule has 4 rings (SSSR count). The average molecular weight is 630 g/mol. The number of aliphatic hydroxyl groups is 1. The number of benzene rings is 2. The van der Waals surface area contributed by atoms with Crippen LogP contribution in [0.4, 0.5) is 26.3 Å². The summed E-state index contributed by atoms with van der Waals surface area (Å²) in [5.41, 5.74) is -2.06. The Morgan fingerprint density at radius 2 is 1.48 bits per heavy atom. The zero-order valence-corrected chi connectivity index (χ0v) is 25.8. The van der Waals surface area contributed by atoms with Crippen LogP contribution in [0, 0.1) is 5.92 Å². The molecule has 1 atom stereocenters. The lowest BCUT2D eigenvalue weighted by Gasteiger charge is -2.42. The second-order valence-corrected chi connectivity index (χ2v) is 11.5. The first-order chi connectivity index (χ1) is 20.9. The van der Waals surface area contributed by atoms with Gasteiger partial charge in [0.15, 0.2) is 0 Å². The first kappa shape index (κ1) is 35.8. The van der Waals surface area contributed by atoms with Crippen molar-refractivity contribution in [2.75, 3.05) is 46.4 Å². The second kappa shape index (κ2) is 16.1. The van der Waals surface area contributed by atoms with Gasteiger partial charge < -0.3 is 10.0 Å². The lowest BCUT2D eigenvalue weighted by atomic mass is 9.96. The number of carbonyl (C=O) groups excluding carboxylic acids is 1. The van der Waals surface area contributed by atoms with Crippen molar-refractivity contribution in [3.05, 3.63) is 70.8 Å². The number of alkyl halides is 6. The van der Waals surface area contributed by atoms with E-state index in [1.54, 1.807) is 0 Å². The first-order valence-corrected chi connectivity index (χ1v) is 15.5. The number of likely N-dealkylation sites (tertiary alicyclic amines) is 1. The summed E-state index contributed by atoms with van der Waals surface area (Å²) in [4.78, 5) is 19.8. The molecule has 0 aromatic heterocycles. The van der Waals surface area contributed by atoms with Crippen LogP contribution in [-0.4, -0.2) is 78.1 Å². The van der Waals surface area contributed by atoms with Crippen LogP contribution in [0.2, 0.25) is 0 Å². The summed E-state index contributed by atoms with van der Waals surface area (Å²) in [6.45, 7) is 7.33. The molecular weight excluding hydrogens is 584 g/mol. The monoisotopic (exact) mass is 629 g/mol. The van der Waals surface area contributed by atoms with Crippen molar-refractivity contribution in [1.82, 2.24) is 14.7 Å². The number of nitrogens with zero attached hydrogens (tertiary/aromatic N) is 3. The summed E-state index contributed by atoms with van der Waals surface area (Å²) in [5, 5.41) is 9.36. The quantitative estimate of drug-likeness (QED) is 0.256. The Kier molecular flexibility index (Phi) is 13.1. The van der Waals surface area contributed by atoms with Crippen LogP contribution >= 0.6 is 0 Å². The largest absolute Gasteiger partial charge is 0.416 e. The van der Waals surface area contributed by atoms with Gasteiger partial charge in [-0.2, -0.15) is 26.3 Å². The van der Waals surface area contributed by atoms with E-state index in [2.05, 4.69) is 9.80 Å². The zero-order chi connectivity index (χ0) is 32.5. The predicted octanol–water partition coefficient (Wildman–Crippen LogP) is 7.05. The van der Waals surface area contributed by atoms with Gasteiger partial charge in [0.25, 0.3) is 0 Å². The van der Waals surface area contributed by atoms with E-state index in [0.717, 1.165) is 56.0 Å². The molecule has 11 heteroatoms. The van der Waals surface area contributed by atoms with Crippen molar-refractivity contribution in [3.8, 4) is 0 Å². The Balaban J connectivity index is 0.00000259. The fourth-order valence-electron chi connectivity index (χ4n) is 5.76. The van der Waals surface area contributed by atoms with Gasteiger partial charge in [0, 0.05) is 52.4 Å². The number of amides is 1. The van der Waals surface area contributed by atoms with Gasteiger partial charge in [0.05, 0.1) is 11.1 Å². The summed E-state index contributed by atoms with van der Waals surface area (Å²) < 4.78 is 79.9. The molecule has 0 bridgehead atoms. The van der Waals surface area contributed by atoms with Crippen LogP contribution in [0.1, 0.15) is 74.2 Å². The van der Waals surface area contributed by atoms with Crippen LogP contribution in [-0.2, 0) is 23.6 Å². The topological polar surface area (TPSA) is 47.0 Å². The maximum atomic E-state index is 13.8. The Morgan fingerprint density at radius 1 is 0.909 bits per heavy atom. The Bertz CT molecular complexity index is 1130. The summed E-state index contributed by atoms with van der Waals surface area (Å²) in [7, 11) is 1.54. The number of piperidine rings is 1. The van der Waals surface area contributed by atoms with E-state index in [4.69, 9.17) is 0 Å². The van der Waals surface area contributed by atoms with E-state index in [1.807, 2.05) is 44.2 Å². The number of rotatable bonds is 12. The average Bonchev–Trinajstić information content (AvgIpc) is 3.83. The predicted molar refractivity (Wildman–Crippen MR) is 159 cm³/mol. The molecule has 2 aliphatic rings. The van der Waals surface area contributed by atoms with Crippen molar-refractivity contribution in [2.45, 2.75) is 76.8 Å². The lowest BCUT2D eigenvalue weighted by molar-refractivity contribution is -0.143. The fourth-order valence-corrected chi connectivity index (χ4v) is 5.76. The molecule has 2 aromatic carbocycles. The molecule has 1 aliphatic heterocycles. The standard InChI is InChI=1S/C31H39F6N3O2.C2H6/c1-38(14-10-23-18-25(30(32,33)34)20-26(19-23)31(35,36)37)29(42)28(24-6-3-2-4-7-24)39-15-11-27(12-16-39)40(13-5-17-41)21-22-8-9-22;1-2/h2-4,6-7,18-20,22,27-28,41H,5,8-17,21H2,1H3;1-2H3. The van der Waals surface area contributed by atoms with Crippen molar-refractivity contribution in [1.29, 1.82) is 0 Å². The van der Waals surface area contributed by atoms with Gasteiger partial charge in [0.1, 0.15) is 6.04 Å². The molecule has 1 saturated heterocycles. The highest BCUT2D eigenvalue weighted by atomic mass is 19.4. The molecule has 1 heterocycles. The molecule has 0 spiro atoms. The molecule has 2 fully saturated rings. The van der Waals surface area contributed by atoms with E-state index in [9.17, 15) is 36.2 Å². The Morgan fingerprint density at radius 3 is 1.98 bits per heavy atom. The summed E-state index contributed by atoms with van der Waals surface area (Å²) in [5.74, 6) is 0.468. The van der Waals surface area contributed by atoms with Gasteiger partial charge in [-0.25, -0.2) is 0 Å². The maximum Gasteiger partial charge on any atom is 0.416 e. The van der Waals surface area contributed by atoms with Crippen LogP contribution < -0.4 is 0 Å². The highest BCUT2D eigenvalue weighted by Crippen LogP contribution is 2.37. The smallest absolute Gasteiger partial charge is 0.396 e. The molecule has 44 heavy (non-hydrogen) atoms. The number of hydrogen-bond donors (Lipinski definition) is 1. The Labute approximate surface area is 256 Å². The van der Waals surface area contributed by atoms with E-state index in [1.165, 1.54) is 24.8 Å². The van der Waals surface area contributed by atoms with E-state index < -0.39 is 29.5 Å². The molecule has 1 unspecified atom stereocenters. The highest BCUT2D eigenvalue weighted by molar-refractivity contribution is 5.83. The van der Waals surface area contributed by atoms with Gasteiger partial charge in [-0.1, -0.05) is 44.2 Å². The number of aliphatic hydroxyl groups excluding tert-OH is 1. The van der Waals surface area contributed by atoms with Gasteiger partial charge in [-0.3, -0.25) is 14.6 Å². The summed E-state index contributed by atoms with van der Waals surface area (Å²) in [6, 6.07) is 10.6. The van der Waals surface area contributed by atoms with Gasteiger partial charge in [-0.15, -0.1) is 0 Å². The highest BCUT2D eigenvalue weighted by Gasteiger charge is 2.38. The number of likely N-dealkylation sites (N-methyl/N-ethyl adjacent to an activating group) is 1. The summed E-state index contributed by atoms with van der Waals surface area (Å²) in [6.07, 6.45) is -5.07. The second-order valence-electron chi connectivity index (χ2n) is 11.5. The first-order valence-electron chi connectivity index (χ1n) is 15.5. The lowest BCUT2D eigenvalue weighted by Crippen LogP contribution is -2.50. The van der Waals surface area contributed by atoms with E-state index in [0.29, 0.717) is 19.1 Å². The molecule has 0 radical (unpaired) electrons. The zero-order valence-electron chi connectivity index (χ0n) is 25.8. The molecule has 2 aromatic rings. The van der Waals surface area contributed by atoms with Crippen molar-refractivity contribution >= 4 is 5.91 Å². The Hall–Kier alpha value is -2.63. The minimum atomic E-state index is -4.92. The molecular formula is C33H45F6N3O2. The third-order valence-corrected chi connectivity index (χ3v) is 8.28. The van der Waals surface area contributed by atoms with Crippen LogP contribution in [0.25, 0.3) is 0 Å². The van der Waals surface area contributed by atoms with Crippen LogP contribution in [0.5, 0.6) is 0 Å². The van der Waals surface area contributed by atoms with Crippen molar-refractivity contribution in [2.24, 2.45) is 5.92 Å². The van der Waals surface area contributed by atoms with Crippen LogP contribution in [0.3, 0.4) is 0 Å². The minimum Gasteiger partial charge on any atom is -0.396 e. The van der Waals surface area contributed by atoms with Gasteiger partial charge in [0.2, 0.25) is 5.91 Å². The van der Waals surface area contributed by atoms with E-state index >= 15 is 0 Å². The number of halogens is 6. The normalized spacial score (nSPS) is 17.2. The minimum absolute atomic E-state index is 0.0342. The van der Waals surface area contributed by atoms with Crippen LogP contribution in [0.15, 0.2) is 48.5 Å². The molecule has 246 valence electrons. The number of carbonyl (C=O) groups is 1. The summed E-state index contributed by atoms with van der Waals surface area (Å²) >= 11 is 0. The molecule has 1 N–H and O–H groups in total.